The maximum atomic E-state index is 12.7. The minimum Gasteiger partial charge on any atom is -0.340 e. The van der Waals surface area contributed by atoms with E-state index in [1.165, 1.54) is 0 Å². The van der Waals surface area contributed by atoms with Crippen LogP contribution in [0.25, 0.3) is 0 Å². The maximum Gasteiger partial charge on any atom is 0.253 e. The van der Waals surface area contributed by atoms with E-state index in [0.717, 1.165) is 11.3 Å². The molecule has 1 heterocycles. The average Bonchev–Trinajstić information content (AvgIpc) is 2.63. The fourth-order valence-electron chi connectivity index (χ4n) is 2.40. The Bertz CT molecular complexity index is 801. The van der Waals surface area contributed by atoms with Gasteiger partial charge in [0, 0.05) is 15.7 Å². The molecule has 0 saturated carbocycles. The molecule has 0 fully saturated rings. The van der Waals surface area contributed by atoms with Crippen LogP contribution in [0.15, 0.2) is 77.4 Å². The summed E-state index contributed by atoms with van der Waals surface area (Å²) >= 11 is 9.42. The summed E-state index contributed by atoms with van der Waals surface area (Å²) < 4.78 is 0.692. The lowest BCUT2D eigenvalue weighted by Gasteiger charge is -2.19. The lowest BCUT2D eigenvalue weighted by molar-refractivity contribution is 0.0941. The number of rotatable bonds is 4. The van der Waals surface area contributed by atoms with Gasteiger partial charge >= 0.3 is 0 Å². The number of amides is 1. The molecule has 1 amide bonds. The highest BCUT2D eigenvalue weighted by molar-refractivity contribution is 9.10. The zero-order chi connectivity index (χ0) is 16.9. The van der Waals surface area contributed by atoms with E-state index in [1.54, 1.807) is 24.4 Å². The van der Waals surface area contributed by atoms with Crippen LogP contribution >= 0.6 is 27.5 Å². The Morgan fingerprint density at radius 3 is 2.50 bits per heavy atom. The van der Waals surface area contributed by atoms with Gasteiger partial charge in [-0.15, -0.1) is 0 Å². The summed E-state index contributed by atoms with van der Waals surface area (Å²) in [5.41, 5.74) is 2.22. The summed E-state index contributed by atoms with van der Waals surface area (Å²) in [7, 11) is 0. The number of carbonyl (C=O) groups excluding carboxylic acids is 1. The molecule has 3 nitrogen and oxygen atoms in total. The third-order valence-corrected chi connectivity index (χ3v) is 4.49. The Hall–Kier alpha value is -2.17. The first-order valence-corrected chi connectivity index (χ1v) is 8.54. The molecule has 0 spiro atoms. The van der Waals surface area contributed by atoms with Crippen molar-refractivity contribution in [2.45, 2.75) is 6.04 Å². The second kappa shape index (κ2) is 7.60. The molecule has 1 aromatic heterocycles. The topological polar surface area (TPSA) is 42.0 Å². The molecule has 0 aliphatic heterocycles. The van der Waals surface area contributed by atoms with E-state index in [9.17, 15) is 4.79 Å². The largest absolute Gasteiger partial charge is 0.340 e. The Morgan fingerprint density at radius 2 is 1.79 bits per heavy atom. The lowest BCUT2D eigenvalue weighted by atomic mass is 10.0. The van der Waals surface area contributed by atoms with Crippen molar-refractivity contribution < 1.29 is 4.79 Å². The fraction of sp³-hybridized carbons (Fsp3) is 0.0526. The van der Waals surface area contributed by atoms with Crippen LogP contribution in [0.1, 0.15) is 27.7 Å². The van der Waals surface area contributed by atoms with Crippen LogP contribution in [0.3, 0.4) is 0 Å². The van der Waals surface area contributed by atoms with E-state index in [4.69, 9.17) is 11.6 Å². The van der Waals surface area contributed by atoms with Gasteiger partial charge in [-0.3, -0.25) is 9.78 Å². The summed E-state index contributed by atoms with van der Waals surface area (Å²) in [6.07, 6.45) is 1.72. The van der Waals surface area contributed by atoms with E-state index in [1.807, 2.05) is 48.5 Å². The van der Waals surface area contributed by atoms with Crippen LogP contribution in [0.4, 0.5) is 0 Å². The van der Waals surface area contributed by atoms with E-state index >= 15 is 0 Å². The zero-order valence-electron chi connectivity index (χ0n) is 12.6. The molecule has 5 heteroatoms. The van der Waals surface area contributed by atoms with Crippen molar-refractivity contribution in [1.29, 1.82) is 0 Å². The highest BCUT2D eigenvalue weighted by atomic mass is 79.9. The molecule has 0 saturated heterocycles. The molecule has 0 aliphatic carbocycles. The van der Waals surface area contributed by atoms with Crippen LogP contribution in [-0.4, -0.2) is 10.9 Å². The Balaban J connectivity index is 1.95. The van der Waals surface area contributed by atoms with Crippen LogP contribution in [0.5, 0.6) is 0 Å². The van der Waals surface area contributed by atoms with Gasteiger partial charge < -0.3 is 5.32 Å². The van der Waals surface area contributed by atoms with Gasteiger partial charge in [0.15, 0.2) is 0 Å². The minimum absolute atomic E-state index is 0.219. The predicted octanol–water partition coefficient (Wildman–Crippen LogP) is 5.02. The van der Waals surface area contributed by atoms with Crippen LogP contribution < -0.4 is 5.32 Å². The van der Waals surface area contributed by atoms with Crippen LogP contribution in [0, 0.1) is 0 Å². The standard InChI is InChI=1S/C19H14BrClN2O/c20-16-10-9-14(21)12-15(16)19(24)23-18(13-6-2-1-3-7-13)17-8-4-5-11-22-17/h1-12,18H,(H,23,24)/t18-/m1/s1. The molecule has 1 atom stereocenters. The summed E-state index contributed by atoms with van der Waals surface area (Å²) in [5, 5.41) is 3.56. The van der Waals surface area contributed by atoms with Crippen molar-refractivity contribution in [2.75, 3.05) is 0 Å². The Morgan fingerprint density at radius 1 is 1.04 bits per heavy atom. The summed E-state index contributed by atoms with van der Waals surface area (Å²) in [6, 6.07) is 20.2. The number of hydrogen-bond donors (Lipinski definition) is 1. The summed E-state index contributed by atoms with van der Waals surface area (Å²) in [6.45, 7) is 0. The van der Waals surface area contributed by atoms with Gasteiger partial charge in [-0.2, -0.15) is 0 Å². The second-order valence-corrected chi connectivity index (χ2v) is 6.49. The molecule has 3 rings (SSSR count). The summed E-state index contributed by atoms with van der Waals surface area (Å²) in [4.78, 5) is 17.1. The molecular weight excluding hydrogens is 388 g/mol. The van der Waals surface area contributed by atoms with Crippen LogP contribution in [-0.2, 0) is 0 Å². The number of halogens is 2. The first-order valence-electron chi connectivity index (χ1n) is 7.37. The van der Waals surface area contributed by atoms with Gasteiger partial charge in [0.1, 0.15) is 0 Å². The van der Waals surface area contributed by atoms with Gasteiger partial charge in [0.25, 0.3) is 5.91 Å². The molecule has 0 bridgehead atoms. The SMILES string of the molecule is O=C(N[C@H](c1ccccc1)c1ccccn1)c1cc(Cl)ccc1Br. The smallest absolute Gasteiger partial charge is 0.253 e. The number of hydrogen-bond acceptors (Lipinski definition) is 2. The third kappa shape index (κ3) is 3.83. The molecule has 3 aromatic rings. The van der Waals surface area contributed by atoms with Gasteiger partial charge in [-0.1, -0.05) is 48.0 Å². The lowest BCUT2D eigenvalue weighted by Crippen LogP contribution is -2.30. The van der Waals surface area contributed by atoms with Crippen molar-refractivity contribution in [2.24, 2.45) is 0 Å². The molecular formula is C19H14BrClN2O. The molecule has 24 heavy (non-hydrogen) atoms. The molecule has 0 aliphatic rings. The molecule has 0 unspecified atom stereocenters. The van der Waals surface area contributed by atoms with Gasteiger partial charge in [-0.05, 0) is 51.8 Å². The average molecular weight is 402 g/mol. The Kier molecular flexibility index (Phi) is 5.28. The molecule has 2 aromatic carbocycles. The Labute approximate surface area is 153 Å². The number of aromatic nitrogens is 1. The van der Waals surface area contributed by atoms with E-state index in [0.29, 0.717) is 15.1 Å². The van der Waals surface area contributed by atoms with Gasteiger partial charge in [0.2, 0.25) is 0 Å². The minimum atomic E-state index is -0.342. The first-order chi connectivity index (χ1) is 11.6. The van der Waals surface area contributed by atoms with Gasteiger partial charge in [0.05, 0.1) is 17.3 Å². The quantitative estimate of drug-likeness (QED) is 0.667. The second-order valence-electron chi connectivity index (χ2n) is 5.20. The number of nitrogens with zero attached hydrogens (tertiary/aromatic N) is 1. The highest BCUT2D eigenvalue weighted by Gasteiger charge is 2.20. The van der Waals surface area contributed by atoms with Crippen molar-refractivity contribution in [3.63, 3.8) is 0 Å². The van der Waals surface area contributed by atoms with E-state index in [-0.39, 0.29) is 11.9 Å². The first kappa shape index (κ1) is 16.7. The van der Waals surface area contributed by atoms with Crippen LogP contribution in [0.2, 0.25) is 5.02 Å². The third-order valence-electron chi connectivity index (χ3n) is 3.56. The molecule has 0 radical (unpaired) electrons. The number of carbonyl (C=O) groups is 1. The molecule has 120 valence electrons. The number of pyridine rings is 1. The predicted molar refractivity (Wildman–Crippen MR) is 99.1 cm³/mol. The number of nitrogens with one attached hydrogen (secondary N) is 1. The van der Waals surface area contributed by atoms with E-state index in [2.05, 4.69) is 26.2 Å². The van der Waals surface area contributed by atoms with Crippen molar-refractivity contribution in [3.8, 4) is 0 Å². The van der Waals surface area contributed by atoms with Gasteiger partial charge in [-0.25, -0.2) is 0 Å². The normalized spacial score (nSPS) is 11.8. The number of benzene rings is 2. The maximum absolute atomic E-state index is 12.7. The van der Waals surface area contributed by atoms with Crippen molar-refractivity contribution in [3.05, 3.63) is 99.2 Å². The highest BCUT2D eigenvalue weighted by Crippen LogP contribution is 2.24. The fourth-order valence-corrected chi connectivity index (χ4v) is 3.00. The molecule has 1 N–H and O–H groups in total. The van der Waals surface area contributed by atoms with Crippen molar-refractivity contribution in [1.82, 2.24) is 10.3 Å². The van der Waals surface area contributed by atoms with Crippen molar-refractivity contribution >= 4 is 33.4 Å². The summed E-state index contributed by atoms with van der Waals surface area (Å²) in [5.74, 6) is -0.219. The van der Waals surface area contributed by atoms with E-state index < -0.39 is 0 Å². The zero-order valence-corrected chi connectivity index (χ0v) is 15.0. The monoisotopic (exact) mass is 400 g/mol.